The van der Waals surface area contributed by atoms with Gasteiger partial charge in [0.15, 0.2) is 0 Å². The first-order chi connectivity index (χ1) is 70.1. The first kappa shape index (κ1) is 141. The van der Waals surface area contributed by atoms with Gasteiger partial charge in [-0.15, -0.1) is 0 Å². The lowest BCUT2D eigenvalue weighted by Gasteiger charge is -2.27. The van der Waals surface area contributed by atoms with Crippen LogP contribution in [-0.4, -0.2) is 0 Å². The van der Waals surface area contributed by atoms with E-state index in [0.717, 1.165) is 23.7 Å². The minimum absolute atomic E-state index is 0. The van der Waals surface area contributed by atoms with Crippen molar-refractivity contribution >= 4 is 86.2 Å². The molecule has 148 heavy (non-hydrogen) atoms. The van der Waals surface area contributed by atoms with Crippen molar-refractivity contribution < 1.29 is 0 Å². The predicted molar refractivity (Wildman–Crippen MR) is 690 cm³/mol. The highest BCUT2D eigenvalue weighted by atomic mass is 14.3. The third-order valence-corrected chi connectivity index (χ3v) is 28.1. The molecule has 0 aromatic heterocycles. The lowest BCUT2D eigenvalue weighted by Crippen LogP contribution is -2.20. The van der Waals surface area contributed by atoms with Crippen LogP contribution in [0, 0.1) is 24.7 Å². The minimum atomic E-state index is 0. The number of hydrogen-bond donors (Lipinski definition) is 0. The van der Waals surface area contributed by atoms with Gasteiger partial charge < -0.3 is 0 Å². The Morgan fingerprint density at radius 2 is 0.466 bits per heavy atom. The maximum atomic E-state index is 2.37. The molecule has 0 spiro atoms. The van der Waals surface area contributed by atoms with Crippen molar-refractivity contribution in [3.63, 3.8) is 0 Å². The highest BCUT2D eigenvalue weighted by Gasteiger charge is 2.25. The smallest absolute Gasteiger partial charge is 0.0103 e. The van der Waals surface area contributed by atoms with Crippen molar-refractivity contribution in [2.45, 2.75) is 397 Å². The molecule has 0 saturated heterocycles. The summed E-state index contributed by atoms with van der Waals surface area (Å²) in [7, 11) is 0. The van der Waals surface area contributed by atoms with E-state index in [1.54, 1.807) is 22.3 Å². The van der Waals surface area contributed by atoms with Crippen LogP contribution in [0.4, 0.5) is 0 Å². The second kappa shape index (κ2) is 81.7. The molecule has 0 heteroatoms. The minimum Gasteiger partial charge on any atom is -0.0776 e. The fourth-order valence-corrected chi connectivity index (χ4v) is 17.7. The molecule has 17 aromatic carbocycles. The van der Waals surface area contributed by atoms with Crippen molar-refractivity contribution in [3.05, 3.63) is 419 Å². The summed E-state index contributed by atoms with van der Waals surface area (Å²) in [5.74, 6) is 7.94. The molecular formula is C148H216. The molecule has 0 saturated carbocycles. The van der Waals surface area contributed by atoms with Crippen LogP contribution in [0.1, 0.15) is 438 Å². The lowest BCUT2D eigenvalue weighted by molar-refractivity contribution is 0.361. The summed E-state index contributed by atoms with van der Waals surface area (Å²) < 4.78 is 0. The zero-order chi connectivity index (χ0) is 108. The third-order valence-electron chi connectivity index (χ3n) is 28.1. The van der Waals surface area contributed by atoms with E-state index >= 15 is 0 Å². The normalized spacial score (nSPS) is 13.8. The summed E-state index contributed by atoms with van der Waals surface area (Å²) >= 11 is 0. The molecule has 0 N–H and O–H groups in total. The van der Waals surface area contributed by atoms with Gasteiger partial charge >= 0.3 is 0 Å². The molecule has 19 rings (SSSR count). The fraction of sp³-hybridized carbons (Fsp3) is 0.419. The van der Waals surface area contributed by atoms with E-state index in [1.807, 2.05) is 125 Å². The van der Waals surface area contributed by atoms with E-state index in [9.17, 15) is 0 Å². The van der Waals surface area contributed by atoms with Crippen molar-refractivity contribution in [3.8, 4) is 0 Å². The summed E-state index contributed by atoms with van der Waals surface area (Å²) in [6.45, 7) is 79.2. The Morgan fingerprint density at radius 3 is 0.899 bits per heavy atom. The van der Waals surface area contributed by atoms with Crippen molar-refractivity contribution in [1.29, 1.82) is 0 Å². The monoisotopic (exact) mass is 1990 g/mol. The Balaban J connectivity index is -0.00000157. The molecule has 0 nitrogen and oxygen atoms in total. The van der Waals surface area contributed by atoms with Gasteiger partial charge in [-0.25, -0.2) is 0 Å². The van der Waals surface area contributed by atoms with E-state index in [-0.39, 0.29) is 29.7 Å². The van der Waals surface area contributed by atoms with Crippen molar-refractivity contribution in [1.82, 2.24) is 0 Å². The van der Waals surface area contributed by atoms with Crippen LogP contribution < -0.4 is 0 Å². The molecule has 0 fully saturated rings. The average Bonchev–Trinajstić information content (AvgIpc) is 1.42. The van der Waals surface area contributed by atoms with Crippen LogP contribution in [0.5, 0.6) is 0 Å². The van der Waals surface area contributed by atoms with E-state index < -0.39 is 0 Å². The van der Waals surface area contributed by atoms with E-state index in [4.69, 9.17) is 0 Å². The third kappa shape index (κ3) is 43.8. The molecule has 17 aromatic rings. The largest absolute Gasteiger partial charge is 0.0776 e. The lowest BCUT2D eigenvalue weighted by atomic mass is 9.78. The Labute approximate surface area is 913 Å². The predicted octanol–water partition coefficient (Wildman–Crippen LogP) is 49.8. The molecule has 2 aliphatic carbocycles. The number of benzene rings is 17. The molecule has 0 heterocycles. The van der Waals surface area contributed by atoms with Gasteiger partial charge in [-0.3, -0.25) is 0 Å². The molecule has 808 valence electrons. The molecule has 0 aliphatic heterocycles. The van der Waals surface area contributed by atoms with Gasteiger partial charge in [-0.05, 0) is 302 Å². The van der Waals surface area contributed by atoms with Crippen LogP contribution in [0.15, 0.2) is 352 Å². The maximum absolute atomic E-state index is 2.37. The van der Waals surface area contributed by atoms with Crippen LogP contribution in [-0.2, 0) is 19.3 Å². The molecule has 0 bridgehead atoms. The van der Waals surface area contributed by atoms with E-state index in [0.29, 0.717) is 41.4 Å². The molecular weight excluding hydrogens is 1780 g/mol. The zero-order valence-electron chi connectivity index (χ0n) is 97.9. The molecule has 11 atom stereocenters. The van der Waals surface area contributed by atoms with Gasteiger partial charge in [0, 0.05) is 0 Å². The Hall–Kier alpha value is -11.2. The van der Waals surface area contributed by atoms with E-state index in [1.165, 1.54) is 195 Å². The first-order valence-corrected chi connectivity index (χ1v) is 57.1. The van der Waals surface area contributed by atoms with Gasteiger partial charge in [0.05, 0.1) is 0 Å². The van der Waals surface area contributed by atoms with Crippen LogP contribution in [0.3, 0.4) is 0 Å². The Morgan fingerprint density at radius 1 is 0.196 bits per heavy atom. The van der Waals surface area contributed by atoms with Crippen LogP contribution >= 0.6 is 0 Å². The molecule has 0 amide bonds. The number of fused-ring (bicyclic) bond motifs is 11. The highest BCUT2D eigenvalue weighted by Crippen LogP contribution is 2.39. The standard InChI is InChI=1S/3C18H18.2C14H16.C12H16.C11H14.C11H16.C10H14.9C2H6.4CH4/c1-3-13(2)18-16-10-6-4-8-14(16)12-15-9-5-7-11-17(15)18;1-3-13(2)14-8-9-17-11-15-6-4-5-7-16(15)12-18(17)10-14;1-3-13(2)16-11-10-15-9-8-14-6-4-5-7-17(14)18(15)12-16;1-3-11(2)13-10-6-8-12-7-4-5-9-14(12)13;1-3-11(2)13-9-8-12-6-4-5-7-14(12)10-13;1-9-7-11-5-3-4-6-12(11)8-10(9)2;1-8-7-10-5-3-4-6-11(10)9(8)2;1-4-10(3)11-7-5-9(2)6-8-11;1-3-9(2)10-7-5-4-6-8-10;9*1-2;;;;/h3*4-13H,3H2,1-2H3;2*4-11H,3H2,1-2H3;3-6,9-10H,7-8H2,1-2H3;3-6,8-9H,7H2,1-2H3;5-8,10H,4H2,1-3H3;4-9H,3H2,1-2H3;9*1-2H3;4*1H4. The summed E-state index contributed by atoms with van der Waals surface area (Å²) in [6.07, 6.45) is 12.2. The summed E-state index contributed by atoms with van der Waals surface area (Å²) in [5, 5.41) is 21.7. The molecule has 11 unspecified atom stereocenters. The maximum Gasteiger partial charge on any atom is -0.0103 e. The first-order valence-electron chi connectivity index (χ1n) is 57.1. The van der Waals surface area contributed by atoms with Gasteiger partial charge in [-0.2, -0.15) is 0 Å². The second-order valence-electron chi connectivity index (χ2n) is 36.8. The second-order valence-corrected chi connectivity index (χ2v) is 36.8. The zero-order valence-corrected chi connectivity index (χ0v) is 97.9. The topological polar surface area (TPSA) is 0 Å². The molecule has 2 aliphatic rings. The summed E-state index contributed by atoms with van der Waals surface area (Å²) in [5.41, 5.74) is 17.9. The number of rotatable bonds is 14. The average molecular weight is 2000 g/mol. The van der Waals surface area contributed by atoms with Crippen LogP contribution in [0.25, 0.3) is 86.2 Å². The quantitative estimate of drug-likeness (QED) is 0.0752. The van der Waals surface area contributed by atoms with Gasteiger partial charge in [0.2, 0.25) is 0 Å². The number of hydrogen-bond acceptors (Lipinski definition) is 0. The summed E-state index contributed by atoms with van der Waals surface area (Å²) in [4.78, 5) is 0. The van der Waals surface area contributed by atoms with E-state index in [2.05, 4.69) is 483 Å². The highest BCUT2D eigenvalue weighted by molar-refractivity contribution is 6.08. The van der Waals surface area contributed by atoms with Crippen molar-refractivity contribution in [2.24, 2.45) is 17.8 Å². The van der Waals surface area contributed by atoms with Crippen molar-refractivity contribution in [2.75, 3.05) is 0 Å². The summed E-state index contributed by atoms with van der Waals surface area (Å²) in [6, 6.07) is 127. The SMILES string of the molecule is C.C.C.C.CC.CC.CC.CC.CC.CC.CC.CC.CC.CC1Cc2ccccc2C1C.CC1Cc2ccccc2CC1C.CCC(C)c1c2ccccc2cc2ccccc12.CCC(C)c1ccc(C)cc1.CCC(C)c1ccc2cc3ccccc3cc2c1.CCC(C)c1ccc2ccc3ccccc3c2c1.CCC(C)c1ccc2ccccc2c1.CCC(C)c1cccc2ccccc12.CCC(C)c1ccccc1. The van der Waals surface area contributed by atoms with Gasteiger partial charge in [0.25, 0.3) is 0 Å². The molecule has 0 radical (unpaired) electrons. The Kier molecular flexibility index (Phi) is 77.8. The fourth-order valence-electron chi connectivity index (χ4n) is 17.7. The van der Waals surface area contributed by atoms with Gasteiger partial charge in [0.1, 0.15) is 0 Å². The van der Waals surface area contributed by atoms with Crippen LogP contribution in [0.2, 0.25) is 0 Å². The number of aryl methyl sites for hydroxylation is 1. The Bertz CT molecular complexity index is 6090. The van der Waals surface area contributed by atoms with Gasteiger partial charge in [-0.1, -0.05) is 618 Å².